The van der Waals surface area contributed by atoms with Crippen LogP contribution in [0.1, 0.15) is 18.4 Å². The number of hydrogen-bond acceptors (Lipinski definition) is 11. The van der Waals surface area contributed by atoms with Crippen LogP contribution in [-0.2, 0) is 14.3 Å². The van der Waals surface area contributed by atoms with Gasteiger partial charge in [0.15, 0.2) is 17.8 Å². The molecule has 3 fully saturated rings. The molecule has 1 amide bonds. The van der Waals surface area contributed by atoms with E-state index in [0.29, 0.717) is 29.0 Å². The first-order chi connectivity index (χ1) is 23.4. The highest BCUT2D eigenvalue weighted by molar-refractivity contribution is 6.04. The van der Waals surface area contributed by atoms with E-state index in [9.17, 15) is 14.9 Å². The van der Waals surface area contributed by atoms with E-state index in [1.807, 2.05) is 12.1 Å². The van der Waals surface area contributed by atoms with Crippen molar-refractivity contribution in [2.75, 3.05) is 62.7 Å². The number of nitriles is 1. The third-order valence-corrected chi connectivity index (χ3v) is 9.14. The molecule has 1 aliphatic carbocycles. The molecule has 1 aromatic heterocycles. The number of aromatic nitrogens is 3. The number of rotatable bonds is 8. The maximum atomic E-state index is 15.2. The zero-order valence-corrected chi connectivity index (χ0v) is 26.3. The lowest BCUT2D eigenvalue weighted by Crippen LogP contribution is -2.56. The summed E-state index contributed by atoms with van der Waals surface area (Å²) < 4.78 is 26.5. The van der Waals surface area contributed by atoms with Crippen LogP contribution in [0.2, 0.25) is 0 Å². The van der Waals surface area contributed by atoms with E-state index in [1.54, 1.807) is 24.3 Å². The highest BCUT2D eigenvalue weighted by Gasteiger charge is 2.35. The fourth-order valence-electron chi connectivity index (χ4n) is 6.31. The van der Waals surface area contributed by atoms with Crippen molar-refractivity contribution < 1.29 is 23.5 Å². The number of ether oxygens (including phenoxy) is 2. The summed E-state index contributed by atoms with van der Waals surface area (Å²) in [7, 11) is 0. The minimum absolute atomic E-state index is 0.0158. The second kappa shape index (κ2) is 13.9. The third-order valence-electron chi connectivity index (χ3n) is 9.14. The van der Waals surface area contributed by atoms with Crippen molar-refractivity contribution in [2.24, 2.45) is 0 Å². The Morgan fingerprint density at radius 2 is 1.88 bits per heavy atom. The summed E-state index contributed by atoms with van der Waals surface area (Å²) in [5.74, 6) is 0.462. The molecule has 3 aromatic rings. The highest BCUT2D eigenvalue weighted by Crippen LogP contribution is 2.29. The summed E-state index contributed by atoms with van der Waals surface area (Å²) in [5.41, 5.74) is 3.14. The third kappa shape index (κ3) is 6.90. The molecule has 0 unspecified atom stereocenters. The number of anilines is 3. The molecule has 0 saturated carbocycles. The van der Waals surface area contributed by atoms with E-state index in [1.165, 1.54) is 29.1 Å². The van der Waals surface area contributed by atoms with Gasteiger partial charge in [0.25, 0.3) is 0 Å². The van der Waals surface area contributed by atoms with Gasteiger partial charge in [0.2, 0.25) is 11.9 Å². The Morgan fingerprint density at radius 1 is 1.06 bits per heavy atom. The molecule has 4 aliphatic rings. The van der Waals surface area contributed by atoms with Gasteiger partial charge in [-0.1, -0.05) is 12.2 Å². The topological polar surface area (TPSA) is 137 Å². The van der Waals surface area contributed by atoms with Crippen LogP contribution in [0.4, 0.5) is 21.7 Å². The van der Waals surface area contributed by atoms with E-state index in [2.05, 4.69) is 48.3 Å². The van der Waals surface area contributed by atoms with Crippen molar-refractivity contribution in [2.45, 2.75) is 31.2 Å². The van der Waals surface area contributed by atoms with E-state index in [4.69, 9.17) is 9.47 Å². The Balaban J connectivity index is 0.959. The molecule has 48 heavy (non-hydrogen) atoms. The van der Waals surface area contributed by atoms with Crippen molar-refractivity contribution in [3.63, 3.8) is 0 Å². The van der Waals surface area contributed by atoms with Crippen LogP contribution in [0.25, 0.3) is 11.4 Å². The van der Waals surface area contributed by atoms with Crippen LogP contribution in [-0.4, -0.2) is 107 Å². The maximum Gasteiger partial charge on any atom is 0.250 e. The van der Waals surface area contributed by atoms with E-state index in [0.717, 1.165) is 45.1 Å². The number of benzene rings is 2. The van der Waals surface area contributed by atoms with Gasteiger partial charge in [-0.2, -0.15) is 10.2 Å². The van der Waals surface area contributed by atoms with Crippen LogP contribution in [0, 0.1) is 11.3 Å². The minimum atomic E-state index is -1.46. The Bertz CT molecular complexity index is 1780. The number of likely N-dealkylation sites (tertiary alicyclic amines) is 1. The molecule has 0 bridgehead atoms. The predicted octanol–water partition coefficient (Wildman–Crippen LogP) is 3.45. The molecule has 2 atom stereocenters. The largest absolute Gasteiger partial charge is 0.486 e. The Hall–Kier alpha value is -5.19. The molecule has 0 radical (unpaired) electrons. The van der Waals surface area contributed by atoms with Gasteiger partial charge in [-0.3, -0.25) is 14.5 Å². The number of piperidine rings is 1. The van der Waals surface area contributed by atoms with Gasteiger partial charge in [0.05, 0.1) is 31.4 Å². The molecular formula is C35H35FN8O4. The molecule has 12 nitrogen and oxygen atoms in total. The van der Waals surface area contributed by atoms with Crippen LogP contribution in [0.15, 0.2) is 72.6 Å². The van der Waals surface area contributed by atoms with Crippen molar-refractivity contribution in [3.05, 3.63) is 78.2 Å². The monoisotopic (exact) mass is 650 g/mol. The number of piperazine rings is 1. The number of allylic oxidation sites excluding steroid dienone is 3. The fourth-order valence-corrected chi connectivity index (χ4v) is 6.31. The Kier molecular flexibility index (Phi) is 9.09. The number of hydrogen-bond donors (Lipinski definition) is 1. The number of nitrogens with one attached hydrogen (secondary N) is 1. The molecule has 2 aromatic carbocycles. The smallest absolute Gasteiger partial charge is 0.250 e. The van der Waals surface area contributed by atoms with Gasteiger partial charge in [-0.05, 0) is 48.5 Å². The first-order valence-corrected chi connectivity index (χ1v) is 16.1. The number of carbonyl (C=O) groups is 2. The number of carbonyl (C=O) groups excluding carboxylic acids is 2. The average Bonchev–Trinajstić information content (AvgIpc) is 3.09. The molecule has 246 valence electrons. The molecule has 13 heteroatoms. The summed E-state index contributed by atoms with van der Waals surface area (Å²) >= 11 is 0. The average molecular weight is 651 g/mol. The summed E-state index contributed by atoms with van der Waals surface area (Å²) in [4.78, 5) is 43.9. The molecule has 4 heterocycles. The van der Waals surface area contributed by atoms with Gasteiger partial charge in [0.1, 0.15) is 24.3 Å². The van der Waals surface area contributed by atoms with Crippen LogP contribution < -0.4 is 15.0 Å². The number of nitrogens with zero attached hydrogens (tertiary/aromatic N) is 7. The minimum Gasteiger partial charge on any atom is -0.486 e. The van der Waals surface area contributed by atoms with Crippen LogP contribution >= 0.6 is 0 Å². The Morgan fingerprint density at radius 3 is 2.58 bits per heavy atom. The van der Waals surface area contributed by atoms with Crippen LogP contribution in [0.5, 0.6) is 5.75 Å². The quantitative estimate of drug-likeness (QED) is 0.384. The van der Waals surface area contributed by atoms with E-state index >= 15 is 4.39 Å². The van der Waals surface area contributed by atoms with Gasteiger partial charge in [-0.25, -0.2) is 14.4 Å². The maximum absolute atomic E-state index is 15.2. The van der Waals surface area contributed by atoms with Gasteiger partial charge < -0.3 is 24.6 Å². The van der Waals surface area contributed by atoms with E-state index < -0.39 is 12.3 Å². The highest BCUT2D eigenvalue weighted by atomic mass is 19.1. The first kappa shape index (κ1) is 31.4. The summed E-state index contributed by atoms with van der Waals surface area (Å²) in [6.45, 7) is 5.81. The lowest BCUT2D eigenvalue weighted by atomic mass is 10.00. The van der Waals surface area contributed by atoms with Crippen LogP contribution in [0.3, 0.4) is 0 Å². The predicted molar refractivity (Wildman–Crippen MR) is 175 cm³/mol. The summed E-state index contributed by atoms with van der Waals surface area (Å²) in [6, 6.07) is 15.8. The van der Waals surface area contributed by atoms with Crippen molar-refractivity contribution >= 4 is 29.0 Å². The lowest BCUT2D eigenvalue weighted by molar-refractivity contribution is -0.132. The first-order valence-electron chi connectivity index (χ1n) is 16.1. The normalized spacial score (nSPS) is 21.7. The second-order valence-electron chi connectivity index (χ2n) is 12.2. The molecular weight excluding hydrogens is 615 g/mol. The van der Waals surface area contributed by atoms with Crippen molar-refractivity contribution in [3.8, 4) is 23.2 Å². The summed E-state index contributed by atoms with van der Waals surface area (Å²) in [5, 5.41) is 13.1. The Labute approximate surface area is 277 Å². The van der Waals surface area contributed by atoms with Crippen molar-refractivity contribution in [1.82, 2.24) is 24.8 Å². The number of halogens is 1. The van der Waals surface area contributed by atoms with Crippen molar-refractivity contribution in [1.29, 1.82) is 5.26 Å². The SMILES string of the molecule is N#Cc1cc(-c2ncnc(Nc3ccc(N4CCN(C5COC5)CC4)cc3)n2)ccc1O[C@H]1CCN(C(=O)C2=CC=CC(=O)C2)C[C@H]1F. The van der Waals surface area contributed by atoms with Gasteiger partial charge in [-0.15, -0.1) is 0 Å². The second-order valence-corrected chi connectivity index (χ2v) is 12.2. The number of ketones is 1. The van der Waals surface area contributed by atoms with Gasteiger partial charge >= 0.3 is 0 Å². The zero-order chi connectivity index (χ0) is 33.0. The molecule has 3 saturated heterocycles. The lowest BCUT2D eigenvalue weighted by Gasteiger charge is -2.43. The zero-order valence-electron chi connectivity index (χ0n) is 26.3. The number of alkyl halides is 1. The number of amides is 1. The molecule has 0 spiro atoms. The molecule has 7 rings (SSSR count). The molecule has 3 aliphatic heterocycles. The standard InChI is InChI=1S/C35H35FN8O4/c36-30-19-44(34(46)24-2-1-3-29(45)17-24)11-10-32(30)48-31-9-4-23(16-25(31)18-37)33-38-22-39-35(41-33)40-26-5-7-27(8-6-26)42-12-14-43(15-13-42)28-20-47-21-28/h1-9,16,22,28,30,32H,10-15,17,19-21H2,(H,38,39,40,41)/t30-,32+/m1/s1. The van der Waals surface area contributed by atoms with E-state index in [-0.39, 0.29) is 48.9 Å². The molecule has 1 N–H and O–H groups in total. The van der Waals surface area contributed by atoms with Gasteiger partial charge in [0, 0.05) is 68.1 Å². The summed E-state index contributed by atoms with van der Waals surface area (Å²) in [6.07, 6.45) is 3.91. The fraction of sp³-hybridized carbons (Fsp3) is 0.371.